The molecule has 0 saturated heterocycles. The molecular formula is C30H36O. The molecule has 3 aliphatic carbocycles. The fourth-order valence-corrected chi connectivity index (χ4v) is 6.08. The van der Waals surface area contributed by atoms with E-state index in [0.717, 1.165) is 24.0 Å². The summed E-state index contributed by atoms with van der Waals surface area (Å²) in [4.78, 5) is 12.3. The van der Waals surface area contributed by atoms with Gasteiger partial charge in [-0.2, -0.15) is 0 Å². The minimum absolute atomic E-state index is 0.153. The number of aryl methyl sites for hydroxylation is 1. The molecule has 0 aromatic heterocycles. The van der Waals surface area contributed by atoms with Gasteiger partial charge in [-0.3, -0.25) is 4.79 Å². The van der Waals surface area contributed by atoms with Crippen LogP contribution in [0, 0.1) is 6.92 Å². The highest BCUT2D eigenvalue weighted by atomic mass is 16.1. The van der Waals surface area contributed by atoms with Crippen LogP contribution in [0.3, 0.4) is 0 Å². The van der Waals surface area contributed by atoms with Gasteiger partial charge in [0.15, 0.2) is 5.78 Å². The van der Waals surface area contributed by atoms with Gasteiger partial charge in [0.2, 0.25) is 0 Å². The average molecular weight is 413 g/mol. The quantitative estimate of drug-likeness (QED) is 0.508. The first kappa shape index (κ1) is 20.7. The molecule has 0 spiro atoms. The zero-order valence-electron chi connectivity index (χ0n) is 19.9. The zero-order valence-corrected chi connectivity index (χ0v) is 19.9. The van der Waals surface area contributed by atoms with Crippen LogP contribution in [-0.4, -0.2) is 5.78 Å². The molecule has 5 rings (SSSR count). The first-order valence-corrected chi connectivity index (χ1v) is 12.1. The van der Waals surface area contributed by atoms with Crippen LogP contribution in [0.5, 0.6) is 0 Å². The van der Waals surface area contributed by atoms with Crippen molar-refractivity contribution in [1.82, 2.24) is 0 Å². The molecule has 2 aromatic rings. The van der Waals surface area contributed by atoms with Crippen molar-refractivity contribution in [3.63, 3.8) is 0 Å². The number of carbonyl (C=O) groups is 1. The molecule has 1 saturated carbocycles. The van der Waals surface area contributed by atoms with Gasteiger partial charge in [-0.25, -0.2) is 0 Å². The van der Waals surface area contributed by atoms with E-state index in [0.29, 0.717) is 12.2 Å². The predicted molar refractivity (Wildman–Crippen MR) is 130 cm³/mol. The summed E-state index contributed by atoms with van der Waals surface area (Å²) >= 11 is 0. The van der Waals surface area contributed by atoms with Gasteiger partial charge >= 0.3 is 0 Å². The van der Waals surface area contributed by atoms with Crippen molar-refractivity contribution in [2.45, 2.75) is 95.8 Å². The lowest BCUT2D eigenvalue weighted by atomic mass is 9.62. The van der Waals surface area contributed by atoms with E-state index in [1.54, 1.807) is 11.1 Å². The highest BCUT2D eigenvalue weighted by Gasteiger charge is 2.48. The maximum absolute atomic E-state index is 12.3. The van der Waals surface area contributed by atoms with E-state index in [1.807, 2.05) is 0 Å². The van der Waals surface area contributed by atoms with Crippen LogP contribution in [-0.2, 0) is 21.0 Å². The summed E-state index contributed by atoms with van der Waals surface area (Å²) in [6.07, 6.45) is 9.78. The Kier molecular flexibility index (Phi) is 4.63. The summed E-state index contributed by atoms with van der Waals surface area (Å²) in [5.41, 5.74) is 10.2. The lowest BCUT2D eigenvalue weighted by molar-refractivity contribution is -0.114. The topological polar surface area (TPSA) is 17.1 Å². The number of ketones is 1. The lowest BCUT2D eigenvalue weighted by Gasteiger charge is -2.43. The number of carbonyl (C=O) groups excluding carboxylic acids is 1. The van der Waals surface area contributed by atoms with Crippen molar-refractivity contribution in [3.8, 4) is 0 Å². The second kappa shape index (κ2) is 6.92. The molecule has 0 heterocycles. The van der Waals surface area contributed by atoms with E-state index < -0.39 is 0 Å². The molecule has 3 aliphatic rings. The van der Waals surface area contributed by atoms with E-state index >= 15 is 0 Å². The van der Waals surface area contributed by atoms with Crippen LogP contribution in [0.4, 0.5) is 0 Å². The molecule has 0 radical (unpaired) electrons. The van der Waals surface area contributed by atoms with Crippen LogP contribution in [0.15, 0.2) is 42.5 Å². The van der Waals surface area contributed by atoms with Crippen LogP contribution in [0.25, 0.3) is 5.57 Å². The van der Waals surface area contributed by atoms with Gasteiger partial charge in [0.25, 0.3) is 0 Å². The molecule has 0 aliphatic heterocycles. The standard InChI is InChI=1S/C30H36O/c1-20-18-25-26(29(4,5)15-14-28(25,2)3)19-24(20)30(16-17-30)22-12-10-21(11-13-22)23-8-6-7-9-27(23)31/h8,10-13,18-19H,6-7,9,14-17H2,1-5H3. The highest BCUT2D eigenvalue weighted by Crippen LogP contribution is 2.56. The molecular weight excluding hydrogens is 376 g/mol. The number of hydrogen-bond donors (Lipinski definition) is 0. The monoisotopic (exact) mass is 412 g/mol. The van der Waals surface area contributed by atoms with Crippen LogP contribution < -0.4 is 0 Å². The zero-order chi connectivity index (χ0) is 22.0. The molecule has 0 atom stereocenters. The number of Topliss-reactive ketones (excluding diaryl/α,β-unsaturated/α-hetero) is 1. The molecule has 162 valence electrons. The summed E-state index contributed by atoms with van der Waals surface area (Å²) in [6, 6.07) is 14.0. The van der Waals surface area contributed by atoms with E-state index in [-0.39, 0.29) is 16.2 Å². The van der Waals surface area contributed by atoms with E-state index in [4.69, 9.17) is 0 Å². The molecule has 1 fully saturated rings. The Morgan fingerprint density at radius 3 is 1.97 bits per heavy atom. The third-order valence-corrected chi connectivity index (χ3v) is 8.47. The highest BCUT2D eigenvalue weighted by molar-refractivity contribution is 6.21. The molecule has 0 unspecified atom stereocenters. The van der Waals surface area contributed by atoms with Crippen molar-refractivity contribution < 1.29 is 4.79 Å². The molecule has 31 heavy (non-hydrogen) atoms. The number of rotatable bonds is 3. The predicted octanol–water partition coefficient (Wildman–Crippen LogP) is 7.56. The SMILES string of the molecule is Cc1cc2c(cc1C1(c3ccc(C4=CCCCC4=O)cc3)CC1)C(C)(C)CCC2(C)C. The first-order chi connectivity index (χ1) is 14.6. The average Bonchev–Trinajstić information content (AvgIpc) is 3.54. The van der Waals surface area contributed by atoms with Gasteiger partial charge in [-0.05, 0) is 89.7 Å². The summed E-state index contributed by atoms with van der Waals surface area (Å²) in [5.74, 6) is 0.301. The lowest BCUT2D eigenvalue weighted by Crippen LogP contribution is -2.34. The normalized spacial score (nSPS) is 23.1. The molecule has 2 aromatic carbocycles. The Morgan fingerprint density at radius 1 is 0.774 bits per heavy atom. The summed E-state index contributed by atoms with van der Waals surface area (Å²) < 4.78 is 0. The summed E-state index contributed by atoms with van der Waals surface area (Å²) in [7, 11) is 0. The van der Waals surface area contributed by atoms with Crippen LogP contribution in [0.1, 0.15) is 106 Å². The Labute approximate surface area is 188 Å². The van der Waals surface area contributed by atoms with Crippen LogP contribution in [0.2, 0.25) is 0 Å². The molecule has 0 N–H and O–H groups in total. The maximum Gasteiger partial charge on any atom is 0.163 e. The van der Waals surface area contributed by atoms with Crippen molar-refractivity contribution >= 4 is 11.4 Å². The van der Waals surface area contributed by atoms with Gasteiger partial charge < -0.3 is 0 Å². The molecule has 0 bridgehead atoms. The number of allylic oxidation sites excluding steroid dienone is 2. The Hall–Kier alpha value is -2.15. The van der Waals surface area contributed by atoms with Gasteiger partial charge in [0, 0.05) is 17.4 Å². The van der Waals surface area contributed by atoms with E-state index in [9.17, 15) is 4.79 Å². The second-order valence-electron chi connectivity index (χ2n) is 11.6. The van der Waals surface area contributed by atoms with E-state index in [2.05, 4.69) is 77.1 Å². The number of hydrogen-bond acceptors (Lipinski definition) is 1. The molecule has 0 amide bonds. The third-order valence-electron chi connectivity index (χ3n) is 8.47. The van der Waals surface area contributed by atoms with Gasteiger partial charge in [-0.15, -0.1) is 0 Å². The fraction of sp³-hybridized carbons (Fsp3) is 0.500. The van der Waals surface area contributed by atoms with Gasteiger partial charge in [0.1, 0.15) is 0 Å². The fourth-order valence-electron chi connectivity index (χ4n) is 6.08. The number of fused-ring (bicyclic) bond motifs is 1. The molecule has 1 nitrogen and oxygen atoms in total. The van der Waals surface area contributed by atoms with E-state index in [1.165, 1.54) is 42.4 Å². The summed E-state index contributed by atoms with van der Waals surface area (Å²) in [6.45, 7) is 12.0. The Bertz CT molecular complexity index is 1070. The Balaban J connectivity index is 1.55. The largest absolute Gasteiger partial charge is 0.294 e. The minimum Gasteiger partial charge on any atom is -0.294 e. The molecule has 1 heteroatoms. The van der Waals surface area contributed by atoms with Gasteiger partial charge in [0.05, 0.1) is 0 Å². The third kappa shape index (κ3) is 3.32. The minimum atomic E-state index is 0.153. The second-order valence-corrected chi connectivity index (χ2v) is 11.6. The Morgan fingerprint density at radius 2 is 1.39 bits per heavy atom. The van der Waals surface area contributed by atoms with Crippen molar-refractivity contribution in [2.24, 2.45) is 0 Å². The smallest absolute Gasteiger partial charge is 0.163 e. The van der Waals surface area contributed by atoms with Crippen molar-refractivity contribution in [1.29, 1.82) is 0 Å². The van der Waals surface area contributed by atoms with Gasteiger partial charge in [-0.1, -0.05) is 70.2 Å². The summed E-state index contributed by atoms with van der Waals surface area (Å²) in [5, 5.41) is 0. The van der Waals surface area contributed by atoms with Crippen LogP contribution >= 0.6 is 0 Å². The number of benzene rings is 2. The van der Waals surface area contributed by atoms with Crippen molar-refractivity contribution in [2.75, 3.05) is 0 Å². The first-order valence-electron chi connectivity index (χ1n) is 12.1. The maximum atomic E-state index is 12.3. The van der Waals surface area contributed by atoms with Crippen molar-refractivity contribution in [3.05, 3.63) is 75.9 Å².